The van der Waals surface area contributed by atoms with E-state index in [1.807, 2.05) is 12.1 Å². The van der Waals surface area contributed by atoms with Gasteiger partial charge in [0.05, 0.1) is 4.92 Å². The summed E-state index contributed by atoms with van der Waals surface area (Å²) >= 11 is 5.91. The summed E-state index contributed by atoms with van der Waals surface area (Å²) < 4.78 is 5.46. The molecule has 2 aromatic carbocycles. The molecule has 2 heterocycles. The molecule has 3 aromatic rings. The smallest absolute Gasteiger partial charge is 0.272 e. The molecular weight excluding hydrogens is 408 g/mol. The number of piperidine rings is 1. The summed E-state index contributed by atoms with van der Waals surface area (Å²) in [5, 5.41) is 15.7. The first-order valence-corrected chi connectivity index (χ1v) is 9.94. The van der Waals surface area contributed by atoms with Gasteiger partial charge in [-0.3, -0.25) is 14.9 Å². The van der Waals surface area contributed by atoms with Crippen molar-refractivity contribution < 1.29 is 14.2 Å². The number of rotatable bonds is 4. The number of hydrogen-bond acceptors (Lipinski definition) is 6. The van der Waals surface area contributed by atoms with Gasteiger partial charge in [0.1, 0.15) is 0 Å². The fourth-order valence-corrected chi connectivity index (χ4v) is 3.75. The predicted octanol–water partition coefficient (Wildman–Crippen LogP) is 4.63. The largest absolute Gasteiger partial charge is 0.339 e. The number of nitro benzene ring substituents is 1. The van der Waals surface area contributed by atoms with Gasteiger partial charge in [-0.05, 0) is 56.2 Å². The van der Waals surface area contributed by atoms with Gasteiger partial charge in [0, 0.05) is 46.8 Å². The normalized spacial score (nSPS) is 14.7. The van der Waals surface area contributed by atoms with E-state index in [1.165, 1.54) is 12.1 Å². The molecular formula is C21H19ClN4O4. The molecule has 9 heteroatoms. The monoisotopic (exact) mass is 426 g/mol. The number of nitro groups is 1. The van der Waals surface area contributed by atoms with E-state index in [-0.39, 0.29) is 17.5 Å². The highest BCUT2D eigenvalue weighted by Crippen LogP contribution is 2.30. The van der Waals surface area contributed by atoms with Crippen molar-refractivity contribution in [1.82, 2.24) is 15.0 Å². The van der Waals surface area contributed by atoms with Crippen molar-refractivity contribution in [2.24, 2.45) is 0 Å². The Kier molecular flexibility index (Phi) is 5.50. The number of likely N-dealkylation sites (tertiary alicyclic amines) is 1. The van der Waals surface area contributed by atoms with Crippen molar-refractivity contribution in [3.63, 3.8) is 0 Å². The van der Waals surface area contributed by atoms with Crippen molar-refractivity contribution >= 4 is 23.2 Å². The van der Waals surface area contributed by atoms with Gasteiger partial charge in [-0.15, -0.1) is 0 Å². The van der Waals surface area contributed by atoms with Crippen molar-refractivity contribution in [3.8, 4) is 11.4 Å². The highest BCUT2D eigenvalue weighted by Gasteiger charge is 2.28. The van der Waals surface area contributed by atoms with Gasteiger partial charge < -0.3 is 9.42 Å². The van der Waals surface area contributed by atoms with Crippen molar-refractivity contribution in [1.29, 1.82) is 0 Å². The number of carbonyl (C=O) groups excluding carboxylic acids is 1. The minimum Gasteiger partial charge on any atom is -0.339 e. The summed E-state index contributed by atoms with van der Waals surface area (Å²) in [4.78, 5) is 29.6. The van der Waals surface area contributed by atoms with Gasteiger partial charge in [0.15, 0.2) is 0 Å². The third-order valence-electron chi connectivity index (χ3n) is 5.32. The Labute approximate surface area is 177 Å². The minimum atomic E-state index is -0.447. The lowest BCUT2D eigenvalue weighted by atomic mass is 9.96. The summed E-state index contributed by atoms with van der Waals surface area (Å²) in [6.07, 6.45) is 1.42. The lowest BCUT2D eigenvalue weighted by Crippen LogP contribution is -2.38. The number of aryl methyl sites for hydroxylation is 1. The van der Waals surface area contributed by atoms with Crippen molar-refractivity contribution in [2.75, 3.05) is 13.1 Å². The van der Waals surface area contributed by atoms with Crippen LogP contribution in [0.25, 0.3) is 11.4 Å². The standard InChI is InChI=1S/C21H19ClN4O4/c1-13-12-16(4-7-18(13)26(28)29)21(27)25-10-8-15(9-11-25)20-23-19(24-30-20)14-2-5-17(22)6-3-14/h2-7,12,15H,8-11H2,1H3. The van der Waals surface area contributed by atoms with Gasteiger partial charge in [-0.1, -0.05) is 16.8 Å². The molecule has 0 unspecified atom stereocenters. The van der Waals surface area contributed by atoms with Gasteiger partial charge in [0.2, 0.25) is 11.7 Å². The van der Waals surface area contributed by atoms with Crippen LogP contribution in [0.2, 0.25) is 5.02 Å². The first-order valence-electron chi connectivity index (χ1n) is 9.56. The fourth-order valence-electron chi connectivity index (χ4n) is 3.62. The summed E-state index contributed by atoms with van der Waals surface area (Å²) in [7, 11) is 0. The maximum Gasteiger partial charge on any atom is 0.272 e. The Morgan fingerprint density at radius 3 is 2.53 bits per heavy atom. The van der Waals surface area contributed by atoms with Crippen molar-refractivity contribution in [2.45, 2.75) is 25.7 Å². The third kappa shape index (κ3) is 4.04. The van der Waals surface area contributed by atoms with E-state index in [9.17, 15) is 14.9 Å². The van der Waals surface area contributed by atoms with Crippen LogP contribution in [0.5, 0.6) is 0 Å². The third-order valence-corrected chi connectivity index (χ3v) is 5.57. The number of carbonyl (C=O) groups is 1. The van der Waals surface area contributed by atoms with Crippen LogP contribution in [0.15, 0.2) is 47.0 Å². The Bertz CT molecular complexity index is 1090. The number of amides is 1. The zero-order chi connectivity index (χ0) is 21.3. The Morgan fingerprint density at radius 2 is 1.90 bits per heavy atom. The number of aromatic nitrogens is 2. The van der Waals surface area contributed by atoms with Gasteiger partial charge in [0.25, 0.3) is 11.6 Å². The molecule has 30 heavy (non-hydrogen) atoms. The number of benzene rings is 2. The molecule has 1 amide bonds. The second-order valence-corrected chi connectivity index (χ2v) is 7.72. The average molecular weight is 427 g/mol. The number of halogens is 1. The molecule has 0 aliphatic carbocycles. The average Bonchev–Trinajstić information content (AvgIpc) is 3.24. The van der Waals surface area contributed by atoms with Crippen LogP contribution >= 0.6 is 11.6 Å². The Hall–Kier alpha value is -3.26. The molecule has 0 radical (unpaired) electrons. The highest BCUT2D eigenvalue weighted by molar-refractivity contribution is 6.30. The molecule has 0 spiro atoms. The molecule has 4 rings (SSSR count). The van der Waals surface area contributed by atoms with E-state index < -0.39 is 4.92 Å². The summed E-state index contributed by atoms with van der Waals surface area (Å²) in [5.41, 5.74) is 1.77. The van der Waals surface area contributed by atoms with Crippen LogP contribution in [0, 0.1) is 17.0 Å². The molecule has 1 aliphatic heterocycles. The van der Waals surface area contributed by atoms with E-state index in [0.29, 0.717) is 53.8 Å². The Morgan fingerprint density at radius 1 is 1.20 bits per heavy atom. The summed E-state index contributed by atoms with van der Waals surface area (Å²) in [6, 6.07) is 11.7. The molecule has 154 valence electrons. The lowest BCUT2D eigenvalue weighted by Gasteiger charge is -2.30. The first-order chi connectivity index (χ1) is 14.4. The fraction of sp³-hybridized carbons (Fsp3) is 0.286. The minimum absolute atomic E-state index is 0.0122. The highest BCUT2D eigenvalue weighted by atomic mass is 35.5. The zero-order valence-electron chi connectivity index (χ0n) is 16.2. The van der Waals surface area contributed by atoms with E-state index in [2.05, 4.69) is 10.1 Å². The van der Waals surface area contributed by atoms with E-state index >= 15 is 0 Å². The Balaban J connectivity index is 1.40. The molecule has 1 aliphatic rings. The molecule has 0 atom stereocenters. The maximum absolute atomic E-state index is 12.8. The topological polar surface area (TPSA) is 102 Å². The van der Waals surface area contributed by atoms with Crippen LogP contribution in [0.3, 0.4) is 0 Å². The second-order valence-electron chi connectivity index (χ2n) is 7.29. The van der Waals surface area contributed by atoms with E-state index in [1.54, 1.807) is 30.0 Å². The molecule has 8 nitrogen and oxygen atoms in total. The van der Waals surface area contributed by atoms with Crippen LogP contribution < -0.4 is 0 Å². The maximum atomic E-state index is 12.8. The molecule has 0 saturated carbocycles. The lowest BCUT2D eigenvalue weighted by molar-refractivity contribution is -0.385. The van der Waals surface area contributed by atoms with Gasteiger partial charge in [-0.25, -0.2) is 0 Å². The SMILES string of the molecule is Cc1cc(C(=O)N2CCC(c3nc(-c4ccc(Cl)cc4)no3)CC2)ccc1[N+](=O)[O-]. The summed E-state index contributed by atoms with van der Waals surface area (Å²) in [6.45, 7) is 2.74. The number of hydrogen-bond donors (Lipinski definition) is 0. The zero-order valence-corrected chi connectivity index (χ0v) is 17.0. The van der Waals surface area contributed by atoms with Crippen LogP contribution in [-0.4, -0.2) is 39.0 Å². The van der Waals surface area contributed by atoms with Crippen molar-refractivity contribution in [3.05, 3.63) is 74.6 Å². The van der Waals surface area contributed by atoms with Crippen LogP contribution in [0.1, 0.15) is 40.6 Å². The quantitative estimate of drug-likeness (QED) is 0.445. The first kappa shape index (κ1) is 20.0. The second kappa shape index (κ2) is 8.23. The molecule has 1 saturated heterocycles. The van der Waals surface area contributed by atoms with E-state index in [0.717, 1.165) is 5.56 Å². The summed E-state index contributed by atoms with van der Waals surface area (Å²) in [5.74, 6) is 1.04. The molecule has 0 bridgehead atoms. The predicted molar refractivity (Wildman–Crippen MR) is 110 cm³/mol. The van der Waals surface area contributed by atoms with Crippen LogP contribution in [-0.2, 0) is 0 Å². The molecule has 1 fully saturated rings. The molecule has 0 N–H and O–H groups in total. The van der Waals surface area contributed by atoms with Gasteiger partial charge in [-0.2, -0.15) is 4.98 Å². The molecule has 1 aromatic heterocycles. The van der Waals surface area contributed by atoms with E-state index in [4.69, 9.17) is 16.1 Å². The van der Waals surface area contributed by atoms with Gasteiger partial charge >= 0.3 is 0 Å². The van der Waals surface area contributed by atoms with Crippen LogP contribution in [0.4, 0.5) is 5.69 Å². The number of nitrogens with zero attached hydrogens (tertiary/aromatic N) is 4.